The van der Waals surface area contributed by atoms with Crippen molar-refractivity contribution in [2.75, 3.05) is 47.5 Å². The Morgan fingerprint density at radius 1 is 0.746 bits per heavy atom. The second kappa shape index (κ2) is 28.3. The summed E-state index contributed by atoms with van der Waals surface area (Å²) >= 11 is 0. The molecule has 12 heteroatoms. The van der Waals surface area contributed by atoms with Gasteiger partial charge >= 0.3 is 17.9 Å². The van der Waals surface area contributed by atoms with Gasteiger partial charge in [-0.25, -0.2) is 0 Å². The predicted molar refractivity (Wildman–Crippen MR) is 266 cm³/mol. The fourth-order valence-corrected chi connectivity index (χ4v) is 13.5. The molecule has 0 aliphatic heterocycles. The lowest BCUT2D eigenvalue weighted by atomic mass is 9.47. The molecule has 0 radical (unpaired) electrons. The van der Waals surface area contributed by atoms with Crippen LogP contribution in [0, 0.1) is 46.3 Å². The summed E-state index contributed by atoms with van der Waals surface area (Å²) in [5.41, 5.74) is 2.02. The highest BCUT2D eigenvalue weighted by Crippen LogP contribution is 2.67. The molecule has 0 heterocycles. The number of carbonyl (C=O) groups excluding carboxylic acids is 3. The second-order valence-electron chi connectivity index (χ2n) is 23.5. The minimum atomic E-state index is -4.73. The van der Waals surface area contributed by atoms with E-state index in [0.29, 0.717) is 28.8 Å². The van der Waals surface area contributed by atoms with Crippen molar-refractivity contribution in [1.82, 2.24) is 0 Å². The van der Waals surface area contributed by atoms with Crippen molar-refractivity contribution in [1.29, 1.82) is 0 Å². The van der Waals surface area contributed by atoms with Gasteiger partial charge in [-0.3, -0.25) is 18.9 Å². The molecule has 3 saturated carbocycles. The van der Waals surface area contributed by atoms with Crippen LogP contribution < -0.4 is 4.89 Å². The van der Waals surface area contributed by atoms with Gasteiger partial charge in [-0.1, -0.05) is 150 Å². The first-order chi connectivity index (χ1) is 31.8. The van der Waals surface area contributed by atoms with Gasteiger partial charge in [0.15, 0.2) is 6.10 Å². The highest BCUT2D eigenvalue weighted by atomic mass is 31.2. The van der Waals surface area contributed by atoms with Gasteiger partial charge < -0.3 is 32.6 Å². The molecule has 0 aromatic rings. The highest BCUT2D eigenvalue weighted by Gasteiger charge is 2.59. The number of rotatable bonds is 33. The van der Waals surface area contributed by atoms with Crippen molar-refractivity contribution in [2.24, 2.45) is 46.3 Å². The van der Waals surface area contributed by atoms with E-state index < -0.39 is 38.4 Å². The maximum absolute atomic E-state index is 13.2. The Morgan fingerprint density at radius 2 is 1.39 bits per heavy atom. The third-order valence-electron chi connectivity index (χ3n) is 16.7. The molecule has 0 spiro atoms. The minimum Gasteiger partial charge on any atom is -0.756 e. The number of allylic oxidation sites excluding steroid dienone is 1. The molecule has 11 nitrogen and oxygen atoms in total. The SMILES string of the molecule is CCCCCCCCCCCCCCCC(=O)OC[C@H](COP(=O)([O-])OCC[N+](C)(C)C)OC(=O)CCC(=O)OC1CC[C@]2(C)C(=CCC3C2CC[C@]2(C)C3CC[C@H]2[C@@H](C)CCCC(C)C)C1. The van der Waals surface area contributed by atoms with Crippen molar-refractivity contribution in [2.45, 2.75) is 227 Å². The molecule has 0 amide bonds. The average Bonchev–Trinajstić information content (AvgIpc) is 3.62. The van der Waals surface area contributed by atoms with Gasteiger partial charge in [0.25, 0.3) is 7.82 Å². The summed E-state index contributed by atoms with van der Waals surface area (Å²) < 4.78 is 40.2. The van der Waals surface area contributed by atoms with E-state index in [-0.39, 0.29) is 44.0 Å². The molecule has 4 rings (SSSR count). The minimum absolute atomic E-state index is 0.0812. The van der Waals surface area contributed by atoms with Crippen molar-refractivity contribution < 1.29 is 51.6 Å². The van der Waals surface area contributed by atoms with Crippen LogP contribution in [0.15, 0.2) is 11.6 Å². The van der Waals surface area contributed by atoms with Crippen LogP contribution in [-0.2, 0) is 42.2 Å². The summed E-state index contributed by atoms with van der Waals surface area (Å²) in [6.45, 7) is 14.0. The Kier molecular flexibility index (Phi) is 24.4. The number of phosphoric ester groups is 1. The number of ether oxygens (including phenoxy) is 3. The number of fused-ring (bicyclic) bond motifs is 5. The number of nitrogens with zero attached hydrogens (tertiary/aromatic N) is 1. The zero-order valence-electron chi connectivity index (χ0n) is 44.1. The van der Waals surface area contributed by atoms with Crippen LogP contribution in [0.2, 0.25) is 0 Å². The number of hydrogen-bond acceptors (Lipinski definition) is 10. The molecule has 0 aromatic heterocycles. The van der Waals surface area contributed by atoms with E-state index in [1.807, 2.05) is 21.1 Å². The van der Waals surface area contributed by atoms with E-state index in [9.17, 15) is 23.8 Å². The number of esters is 3. The highest BCUT2D eigenvalue weighted by molar-refractivity contribution is 7.45. The fourth-order valence-electron chi connectivity index (χ4n) is 12.7. The van der Waals surface area contributed by atoms with Crippen LogP contribution in [-0.4, -0.2) is 82.1 Å². The van der Waals surface area contributed by atoms with Crippen LogP contribution in [0.4, 0.5) is 0 Å². The van der Waals surface area contributed by atoms with Gasteiger partial charge in [-0.2, -0.15) is 0 Å². The summed E-state index contributed by atoms with van der Waals surface area (Å²) in [5.74, 6) is 2.95. The van der Waals surface area contributed by atoms with E-state index in [0.717, 1.165) is 74.5 Å². The molecule has 10 atom stereocenters. The smallest absolute Gasteiger partial charge is 0.306 e. The Hall–Kier alpha value is -1.78. The maximum Gasteiger partial charge on any atom is 0.306 e. The molecule has 5 unspecified atom stereocenters. The topological polar surface area (TPSA) is 137 Å². The van der Waals surface area contributed by atoms with Crippen LogP contribution in [0.5, 0.6) is 0 Å². The van der Waals surface area contributed by atoms with E-state index in [1.54, 1.807) is 0 Å². The summed E-state index contributed by atoms with van der Waals surface area (Å²) in [7, 11) is 1.00. The Balaban J connectivity index is 1.20. The Bertz CT molecular complexity index is 1580. The first kappa shape index (κ1) is 57.8. The van der Waals surface area contributed by atoms with E-state index in [2.05, 4.69) is 47.6 Å². The molecule has 4 aliphatic carbocycles. The quantitative estimate of drug-likeness (QED) is 0.0156. The molecule has 4 aliphatic rings. The zero-order valence-corrected chi connectivity index (χ0v) is 45.0. The predicted octanol–water partition coefficient (Wildman–Crippen LogP) is 12.9. The van der Waals surface area contributed by atoms with Gasteiger partial charge in [-0.05, 0) is 97.7 Å². The van der Waals surface area contributed by atoms with Crippen LogP contribution in [0.3, 0.4) is 0 Å². The van der Waals surface area contributed by atoms with Gasteiger partial charge in [0, 0.05) is 12.8 Å². The Labute approximate surface area is 408 Å². The lowest BCUT2D eigenvalue weighted by molar-refractivity contribution is -0.870. The van der Waals surface area contributed by atoms with Crippen molar-refractivity contribution in [3.05, 3.63) is 11.6 Å². The first-order valence-electron chi connectivity index (χ1n) is 27.4. The van der Waals surface area contributed by atoms with Crippen LogP contribution in [0.25, 0.3) is 0 Å². The third kappa shape index (κ3) is 19.4. The van der Waals surface area contributed by atoms with Gasteiger partial charge in [0.1, 0.15) is 25.9 Å². The normalized spacial score (nSPS) is 27.8. The second-order valence-corrected chi connectivity index (χ2v) is 24.9. The number of quaternary nitrogens is 1. The van der Waals surface area contributed by atoms with E-state index >= 15 is 0 Å². The van der Waals surface area contributed by atoms with Gasteiger partial charge in [0.2, 0.25) is 0 Å². The summed E-state index contributed by atoms with van der Waals surface area (Å²) in [6.07, 6.45) is 29.5. The molecule has 3 fully saturated rings. The van der Waals surface area contributed by atoms with E-state index in [4.69, 9.17) is 23.3 Å². The summed E-state index contributed by atoms with van der Waals surface area (Å²) in [6, 6.07) is 0. The largest absolute Gasteiger partial charge is 0.756 e. The lowest BCUT2D eigenvalue weighted by Crippen LogP contribution is -2.51. The number of likely N-dealkylation sites (N-methyl/N-ethyl adjacent to an activating group) is 1. The van der Waals surface area contributed by atoms with E-state index in [1.165, 1.54) is 108 Å². The Morgan fingerprint density at radius 3 is 2.03 bits per heavy atom. The number of unbranched alkanes of at least 4 members (excludes halogenated alkanes) is 12. The van der Waals surface area contributed by atoms with Crippen molar-refractivity contribution >= 4 is 25.7 Å². The molecule has 0 N–H and O–H groups in total. The van der Waals surface area contributed by atoms with Crippen LogP contribution in [0.1, 0.15) is 215 Å². The molecule has 67 heavy (non-hydrogen) atoms. The van der Waals surface area contributed by atoms with Gasteiger partial charge in [-0.15, -0.1) is 0 Å². The zero-order chi connectivity index (χ0) is 49.1. The number of hydrogen-bond donors (Lipinski definition) is 0. The molecule has 0 bridgehead atoms. The lowest BCUT2D eigenvalue weighted by Gasteiger charge is -2.58. The monoisotopic (exact) mass is 964 g/mol. The summed E-state index contributed by atoms with van der Waals surface area (Å²) in [4.78, 5) is 51.5. The number of phosphoric acid groups is 1. The van der Waals surface area contributed by atoms with Crippen molar-refractivity contribution in [3.8, 4) is 0 Å². The molecular formula is C55H98NO10P. The molecular weight excluding hydrogens is 866 g/mol. The van der Waals surface area contributed by atoms with Crippen LogP contribution >= 0.6 is 7.82 Å². The molecule has 0 aromatic carbocycles. The molecule has 0 saturated heterocycles. The maximum atomic E-state index is 13.2. The van der Waals surface area contributed by atoms with Gasteiger partial charge in [0.05, 0.1) is 40.6 Å². The van der Waals surface area contributed by atoms with Crippen molar-refractivity contribution in [3.63, 3.8) is 0 Å². The standard InChI is InChI=1S/C55H98NO10P/c1-10-11-12-13-14-15-16-17-18-19-20-21-22-26-51(57)62-40-46(41-64-67(60,61)63-38-37-56(7,8)9)66-53(59)32-31-52(58)65-45-33-35-54(5)44(39-45)27-28-47-49-30-29-48(43(4)25-23-24-42(2)3)55(49,6)36-34-50(47)54/h27,42-43,45-50H,10-26,28-41H2,1-9H3/t43-,45?,46+,47?,48-,49?,50?,54+,55-/m0/s1. The molecule has 388 valence electrons. The fraction of sp³-hybridized carbons (Fsp3) is 0.909. The number of carbonyl (C=O) groups is 3. The third-order valence-corrected chi connectivity index (χ3v) is 17.7. The average molecular weight is 964 g/mol. The first-order valence-corrected chi connectivity index (χ1v) is 28.9. The summed E-state index contributed by atoms with van der Waals surface area (Å²) in [5, 5.41) is 0.